The third kappa shape index (κ3) is 4.83. The highest BCUT2D eigenvalue weighted by molar-refractivity contribution is 5.16. The molecule has 1 aromatic rings. The Bertz CT molecular complexity index is 404. The highest BCUT2D eigenvalue weighted by Gasteiger charge is 2.24. The first-order valence-electron chi connectivity index (χ1n) is 8.43. The van der Waals surface area contributed by atoms with Crippen molar-refractivity contribution >= 4 is 0 Å². The van der Waals surface area contributed by atoms with Crippen molar-refractivity contribution in [3.05, 3.63) is 23.7 Å². The average Bonchev–Trinajstić information content (AvgIpc) is 3.09. The number of likely N-dealkylation sites (tertiary alicyclic amines) is 1. The van der Waals surface area contributed by atoms with Gasteiger partial charge < -0.3 is 9.73 Å². The van der Waals surface area contributed by atoms with Gasteiger partial charge in [-0.05, 0) is 52.0 Å². The van der Waals surface area contributed by atoms with Crippen LogP contribution >= 0.6 is 0 Å². The van der Waals surface area contributed by atoms with Crippen molar-refractivity contribution in [1.29, 1.82) is 0 Å². The van der Waals surface area contributed by atoms with E-state index in [2.05, 4.69) is 42.1 Å². The predicted octanol–water partition coefficient (Wildman–Crippen LogP) is 2.70. The van der Waals surface area contributed by atoms with E-state index in [0.29, 0.717) is 0 Å². The molecule has 1 aliphatic rings. The minimum absolute atomic E-state index is 0.719. The number of likely N-dealkylation sites (N-methyl/N-ethyl adjacent to an activating group) is 2. The van der Waals surface area contributed by atoms with Gasteiger partial charge in [0.2, 0.25) is 0 Å². The molecule has 1 atom stereocenters. The monoisotopic (exact) mass is 293 g/mol. The lowest BCUT2D eigenvalue weighted by molar-refractivity contribution is 0.187. The number of rotatable bonds is 9. The molecule has 1 saturated heterocycles. The van der Waals surface area contributed by atoms with Crippen molar-refractivity contribution in [3.63, 3.8) is 0 Å². The number of furan rings is 1. The van der Waals surface area contributed by atoms with E-state index in [1.165, 1.54) is 37.9 Å². The normalized spacial score (nSPS) is 19.7. The van der Waals surface area contributed by atoms with Crippen LogP contribution in [-0.4, -0.2) is 49.1 Å². The molecule has 0 aliphatic carbocycles. The number of hydrogen-bond donors (Lipinski definition) is 1. The Hall–Kier alpha value is -0.840. The van der Waals surface area contributed by atoms with Gasteiger partial charge in [-0.15, -0.1) is 0 Å². The van der Waals surface area contributed by atoms with E-state index in [1.807, 2.05) is 6.26 Å². The zero-order valence-electron chi connectivity index (χ0n) is 13.9. The van der Waals surface area contributed by atoms with Crippen LogP contribution in [0.2, 0.25) is 0 Å². The molecule has 1 aromatic heterocycles. The molecule has 0 spiro atoms. The summed E-state index contributed by atoms with van der Waals surface area (Å²) in [6.07, 6.45) is 5.67. The third-order valence-corrected chi connectivity index (χ3v) is 4.42. The van der Waals surface area contributed by atoms with Crippen molar-refractivity contribution in [2.24, 2.45) is 0 Å². The van der Waals surface area contributed by atoms with Gasteiger partial charge in [-0.2, -0.15) is 0 Å². The first-order valence-corrected chi connectivity index (χ1v) is 8.43. The molecule has 4 heteroatoms. The van der Waals surface area contributed by atoms with E-state index >= 15 is 0 Å². The fourth-order valence-corrected chi connectivity index (χ4v) is 3.25. The van der Waals surface area contributed by atoms with Crippen LogP contribution in [0.3, 0.4) is 0 Å². The smallest absolute Gasteiger partial charge is 0.122 e. The summed E-state index contributed by atoms with van der Waals surface area (Å²) in [5.74, 6) is 1.11. The van der Waals surface area contributed by atoms with Crippen LogP contribution in [0.25, 0.3) is 0 Å². The first-order chi connectivity index (χ1) is 10.2. The second kappa shape index (κ2) is 8.57. The minimum atomic E-state index is 0.719. The lowest BCUT2D eigenvalue weighted by Crippen LogP contribution is -2.38. The SMILES string of the molecule is CCCNCc1ccoc1CN(C)CC1CCCN1CC. The molecule has 21 heavy (non-hydrogen) atoms. The minimum Gasteiger partial charge on any atom is -0.468 e. The Labute approximate surface area is 129 Å². The third-order valence-electron chi connectivity index (χ3n) is 4.42. The number of nitrogens with zero attached hydrogens (tertiary/aromatic N) is 2. The highest BCUT2D eigenvalue weighted by atomic mass is 16.3. The van der Waals surface area contributed by atoms with Gasteiger partial charge in [0.25, 0.3) is 0 Å². The molecule has 1 aliphatic heterocycles. The van der Waals surface area contributed by atoms with E-state index in [9.17, 15) is 0 Å². The molecule has 2 rings (SSSR count). The average molecular weight is 293 g/mol. The van der Waals surface area contributed by atoms with Crippen molar-refractivity contribution in [2.75, 3.05) is 33.2 Å². The second-order valence-corrected chi connectivity index (χ2v) is 6.17. The van der Waals surface area contributed by atoms with E-state index in [1.54, 1.807) is 0 Å². The van der Waals surface area contributed by atoms with Crippen LogP contribution in [0.15, 0.2) is 16.7 Å². The van der Waals surface area contributed by atoms with Gasteiger partial charge in [0.1, 0.15) is 5.76 Å². The zero-order valence-corrected chi connectivity index (χ0v) is 13.9. The molecule has 1 N–H and O–H groups in total. The molecular formula is C17H31N3O. The molecule has 1 unspecified atom stereocenters. The maximum atomic E-state index is 5.69. The van der Waals surface area contributed by atoms with Crippen LogP contribution in [-0.2, 0) is 13.1 Å². The van der Waals surface area contributed by atoms with Crippen LogP contribution in [0.1, 0.15) is 44.4 Å². The zero-order chi connectivity index (χ0) is 15.1. The molecule has 0 amide bonds. The Balaban J connectivity index is 1.82. The lowest BCUT2D eigenvalue weighted by atomic mass is 10.2. The van der Waals surface area contributed by atoms with Crippen molar-refractivity contribution in [2.45, 2.75) is 52.2 Å². The molecule has 1 fully saturated rings. The lowest BCUT2D eigenvalue weighted by Gasteiger charge is -2.27. The topological polar surface area (TPSA) is 31.7 Å². The molecule has 0 saturated carbocycles. The summed E-state index contributed by atoms with van der Waals surface area (Å²) in [6, 6.07) is 2.82. The fraction of sp³-hybridized carbons (Fsp3) is 0.765. The van der Waals surface area contributed by atoms with Gasteiger partial charge in [-0.1, -0.05) is 13.8 Å². The molecule has 120 valence electrons. The summed E-state index contributed by atoms with van der Waals surface area (Å²) in [5, 5.41) is 3.45. The van der Waals surface area contributed by atoms with Gasteiger partial charge in [0.15, 0.2) is 0 Å². The molecule has 0 bridgehead atoms. The summed E-state index contributed by atoms with van der Waals surface area (Å²) in [6.45, 7) is 10.9. The predicted molar refractivity (Wildman–Crippen MR) is 87.3 cm³/mol. The van der Waals surface area contributed by atoms with Gasteiger partial charge >= 0.3 is 0 Å². The summed E-state index contributed by atoms with van der Waals surface area (Å²) < 4.78 is 5.69. The molecule has 4 nitrogen and oxygen atoms in total. The quantitative estimate of drug-likeness (QED) is 0.709. The van der Waals surface area contributed by atoms with Crippen LogP contribution < -0.4 is 5.32 Å². The van der Waals surface area contributed by atoms with Crippen molar-refractivity contribution in [1.82, 2.24) is 15.1 Å². The largest absolute Gasteiger partial charge is 0.468 e. The van der Waals surface area contributed by atoms with Gasteiger partial charge in [-0.25, -0.2) is 0 Å². The standard InChI is InChI=1S/C17H31N3O/c1-4-9-18-12-15-8-11-21-17(15)14-19(3)13-16-7-6-10-20(16)5-2/h8,11,16,18H,4-7,9-10,12-14H2,1-3H3. The van der Waals surface area contributed by atoms with Crippen molar-refractivity contribution < 1.29 is 4.42 Å². The van der Waals surface area contributed by atoms with Crippen molar-refractivity contribution in [3.8, 4) is 0 Å². The highest BCUT2D eigenvalue weighted by Crippen LogP contribution is 2.19. The fourth-order valence-electron chi connectivity index (χ4n) is 3.25. The van der Waals surface area contributed by atoms with Gasteiger partial charge in [-0.3, -0.25) is 9.80 Å². The first kappa shape index (κ1) is 16.5. The molecule has 0 radical (unpaired) electrons. The Morgan fingerprint density at radius 1 is 1.43 bits per heavy atom. The van der Waals surface area contributed by atoms with E-state index in [0.717, 1.165) is 38.0 Å². The van der Waals surface area contributed by atoms with Crippen LogP contribution in [0.5, 0.6) is 0 Å². The number of hydrogen-bond acceptors (Lipinski definition) is 4. The maximum Gasteiger partial charge on any atom is 0.122 e. The van der Waals surface area contributed by atoms with E-state index in [-0.39, 0.29) is 0 Å². The maximum absolute atomic E-state index is 5.69. The van der Waals surface area contributed by atoms with Crippen LogP contribution in [0.4, 0.5) is 0 Å². The van der Waals surface area contributed by atoms with Gasteiger partial charge in [0, 0.05) is 24.7 Å². The summed E-state index contributed by atoms with van der Waals surface area (Å²) in [4.78, 5) is 5.00. The van der Waals surface area contributed by atoms with Gasteiger partial charge in [0.05, 0.1) is 12.8 Å². The molecule has 2 heterocycles. The summed E-state index contributed by atoms with van der Waals surface area (Å²) in [7, 11) is 2.21. The number of nitrogens with one attached hydrogen (secondary N) is 1. The Morgan fingerprint density at radius 3 is 3.05 bits per heavy atom. The summed E-state index contributed by atoms with van der Waals surface area (Å²) in [5.41, 5.74) is 1.30. The molecule has 0 aromatic carbocycles. The van der Waals surface area contributed by atoms with E-state index in [4.69, 9.17) is 4.42 Å². The second-order valence-electron chi connectivity index (χ2n) is 6.17. The molecular weight excluding hydrogens is 262 g/mol. The summed E-state index contributed by atoms with van der Waals surface area (Å²) >= 11 is 0. The Morgan fingerprint density at radius 2 is 2.29 bits per heavy atom. The van der Waals surface area contributed by atoms with E-state index < -0.39 is 0 Å². The Kier molecular flexibility index (Phi) is 6.74. The van der Waals surface area contributed by atoms with Crippen LogP contribution in [0, 0.1) is 0 Å².